The van der Waals surface area contributed by atoms with Crippen LogP contribution < -0.4 is 19.9 Å². The molecule has 2 atom stereocenters. The largest absolute Gasteiger partial charge is 0.491 e. The smallest absolute Gasteiger partial charge is 0.294 e. The number of ether oxygens (including phenoxy) is 2. The van der Waals surface area contributed by atoms with Gasteiger partial charge in [0.05, 0.1) is 6.61 Å². The Kier molecular flexibility index (Phi) is 8.74. The molecule has 0 radical (unpaired) electrons. The van der Waals surface area contributed by atoms with E-state index < -0.39 is 17.7 Å². The number of allylic oxidation sites excluding steroid dienone is 3. The number of rotatable bonds is 10. The monoisotopic (exact) mass is 591 g/mol. The summed E-state index contributed by atoms with van der Waals surface area (Å²) in [7, 11) is 1.66. The number of pyridine rings is 1. The van der Waals surface area contributed by atoms with Crippen molar-refractivity contribution in [1.29, 1.82) is 0 Å². The summed E-state index contributed by atoms with van der Waals surface area (Å²) in [6.07, 6.45) is 9.71. The Hall–Kier alpha value is -4.89. The number of nitrogens with zero attached hydrogens (tertiary/aromatic N) is 4. The molecule has 9 nitrogen and oxygen atoms in total. The normalized spacial score (nSPS) is 19.0. The molecule has 0 bridgehead atoms. The average molecular weight is 592 g/mol. The Bertz CT molecular complexity index is 1580. The number of aromatic nitrogens is 1. The first-order chi connectivity index (χ1) is 21.5. The minimum absolute atomic E-state index is 0.220. The number of carbonyl (C=O) groups excluding carboxylic acids is 2. The summed E-state index contributed by atoms with van der Waals surface area (Å²) in [5, 5.41) is 2.84. The number of benzene rings is 2. The van der Waals surface area contributed by atoms with Gasteiger partial charge >= 0.3 is 0 Å². The molecule has 1 N–H and O–H groups in total. The first kappa shape index (κ1) is 29.2. The molecule has 226 valence electrons. The molecular formula is C35H37N5O4. The van der Waals surface area contributed by atoms with Gasteiger partial charge in [-0.2, -0.15) is 0 Å². The van der Waals surface area contributed by atoms with Crippen LogP contribution in [0, 0.1) is 6.92 Å². The molecular weight excluding hydrogens is 554 g/mol. The highest BCUT2D eigenvalue weighted by atomic mass is 16.5. The Morgan fingerprint density at radius 3 is 2.43 bits per heavy atom. The van der Waals surface area contributed by atoms with E-state index in [1.807, 2.05) is 103 Å². The second-order valence-corrected chi connectivity index (χ2v) is 11.1. The minimum atomic E-state index is -0.639. The van der Waals surface area contributed by atoms with Crippen LogP contribution in [0.2, 0.25) is 0 Å². The predicted octanol–water partition coefficient (Wildman–Crippen LogP) is 4.68. The van der Waals surface area contributed by atoms with E-state index in [0.29, 0.717) is 18.9 Å². The van der Waals surface area contributed by atoms with Crippen molar-refractivity contribution >= 4 is 28.9 Å². The van der Waals surface area contributed by atoms with Gasteiger partial charge < -0.3 is 29.5 Å². The number of Topliss-reactive ketones (excluding diaryl/α,β-unsaturated/α-hetero) is 1. The Labute approximate surface area is 258 Å². The van der Waals surface area contributed by atoms with Crippen molar-refractivity contribution in [2.24, 2.45) is 0 Å². The summed E-state index contributed by atoms with van der Waals surface area (Å²) in [5.74, 6) is 0.401. The van der Waals surface area contributed by atoms with E-state index in [1.165, 1.54) is 0 Å². The molecule has 1 amide bonds. The molecule has 1 aromatic heterocycles. The standard InChI is InChI=1S/C35H37N5O4/c1-25-22-30(44-21-20-43-2)24-32(36-25)39-18-16-38(17-19-39)28-13-11-27(12-14-28)37-35(42)34(41)33-31(26-8-4-3-5-9-26)23-29-10-6-7-15-40(29)33/h3-15,22-24,31,33H,16-21H2,1-2H3,(H,37,42). The summed E-state index contributed by atoms with van der Waals surface area (Å²) in [6, 6.07) is 20.8. The number of piperazine rings is 1. The van der Waals surface area contributed by atoms with E-state index >= 15 is 0 Å². The topological polar surface area (TPSA) is 87.2 Å². The Morgan fingerprint density at radius 2 is 1.68 bits per heavy atom. The van der Waals surface area contributed by atoms with Crippen molar-refractivity contribution in [2.75, 3.05) is 61.6 Å². The lowest BCUT2D eigenvalue weighted by Crippen LogP contribution is -2.46. The number of anilines is 3. The van der Waals surface area contributed by atoms with Crippen molar-refractivity contribution in [3.05, 3.63) is 114 Å². The van der Waals surface area contributed by atoms with Crippen LogP contribution in [0.1, 0.15) is 17.2 Å². The highest BCUT2D eigenvalue weighted by molar-refractivity contribution is 6.42. The molecule has 3 aromatic rings. The second kappa shape index (κ2) is 13.2. The molecule has 3 aliphatic rings. The van der Waals surface area contributed by atoms with Gasteiger partial charge in [0.25, 0.3) is 5.91 Å². The molecule has 0 aliphatic carbocycles. The zero-order chi connectivity index (χ0) is 30.5. The fraction of sp³-hybridized carbons (Fsp3) is 0.286. The van der Waals surface area contributed by atoms with Gasteiger partial charge in [0, 0.05) is 80.3 Å². The molecule has 4 heterocycles. The third kappa shape index (κ3) is 6.38. The Balaban J connectivity index is 1.06. The summed E-state index contributed by atoms with van der Waals surface area (Å²) < 4.78 is 10.9. The van der Waals surface area contributed by atoms with E-state index in [4.69, 9.17) is 14.5 Å². The number of nitrogens with one attached hydrogen (secondary N) is 1. The van der Waals surface area contributed by atoms with Crippen LogP contribution >= 0.6 is 0 Å². The lowest BCUT2D eigenvalue weighted by atomic mass is 9.90. The van der Waals surface area contributed by atoms with Gasteiger partial charge in [-0.1, -0.05) is 42.5 Å². The van der Waals surface area contributed by atoms with Gasteiger partial charge in [-0.3, -0.25) is 9.59 Å². The zero-order valence-electron chi connectivity index (χ0n) is 25.1. The number of carbonyl (C=O) groups is 2. The van der Waals surface area contributed by atoms with Crippen molar-refractivity contribution in [3.63, 3.8) is 0 Å². The highest BCUT2D eigenvalue weighted by Gasteiger charge is 2.41. The first-order valence-electron chi connectivity index (χ1n) is 15.0. The number of aryl methyl sites for hydroxylation is 1. The van der Waals surface area contributed by atoms with Crippen LogP contribution in [0.25, 0.3) is 0 Å². The van der Waals surface area contributed by atoms with Crippen molar-refractivity contribution in [2.45, 2.75) is 18.9 Å². The fourth-order valence-electron chi connectivity index (χ4n) is 5.94. The van der Waals surface area contributed by atoms with Gasteiger partial charge in [-0.25, -0.2) is 4.98 Å². The lowest BCUT2D eigenvalue weighted by molar-refractivity contribution is -0.137. The van der Waals surface area contributed by atoms with E-state index in [2.05, 4.69) is 21.2 Å². The van der Waals surface area contributed by atoms with E-state index in [-0.39, 0.29) is 5.92 Å². The molecule has 1 fully saturated rings. The maximum atomic E-state index is 13.6. The molecule has 0 spiro atoms. The fourth-order valence-corrected chi connectivity index (χ4v) is 5.94. The average Bonchev–Trinajstić information content (AvgIpc) is 3.45. The van der Waals surface area contributed by atoms with Gasteiger partial charge in [0.2, 0.25) is 5.78 Å². The number of ketones is 1. The summed E-state index contributed by atoms with van der Waals surface area (Å²) in [5.41, 5.74) is 4.49. The second-order valence-electron chi connectivity index (χ2n) is 11.1. The van der Waals surface area contributed by atoms with E-state index in [9.17, 15) is 9.59 Å². The highest BCUT2D eigenvalue weighted by Crippen LogP contribution is 2.37. The Morgan fingerprint density at radius 1 is 0.932 bits per heavy atom. The van der Waals surface area contributed by atoms with Gasteiger partial charge in [0.15, 0.2) is 0 Å². The zero-order valence-corrected chi connectivity index (χ0v) is 25.1. The van der Waals surface area contributed by atoms with Crippen LogP contribution in [0.3, 0.4) is 0 Å². The van der Waals surface area contributed by atoms with Crippen molar-refractivity contribution in [3.8, 4) is 5.75 Å². The van der Waals surface area contributed by atoms with Gasteiger partial charge in [-0.15, -0.1) is 0 Å². The summed E-state index contributed by atoms with van der Waals surface area (Å²) >= 11 is 0. The van der Waals surface area contributed by atoms with Crippen molar-refractivity contribution < 1.29 is 19.1 Å². The molecule has 9 heteroatoms. The predicted molar refractivity (Wildman–Crippen MR) is 172 cm³/mol. The molecule has 6 rings (SSSR count). The first-order valence-corrected chi connectivity index (χ1v) is 15.0. The lowest BCUT2D eigenvalue weighted by Gasteiger charge is -2.37. The molecule has 1 saturated heterocycles. The number of hydrogen-bond acceptors (Lipinski definition) is 8. The van der Waals surface area contributed by atoms with Crippen LogP contribution in [0.5, 0.6) is 5.75 Å². The third-order valence-electron chi connectivity index (χ3n) is 8.15. The number of hydrogen-bond donors (Lipinski definition) is 1. The number of amides is 1. The number of fused-ring (bicyclic) bond motifs is 1. The quantitative estimate of drug-likeness (QED) is 0.269. The maximum absolute atomic E-state index is 13.6. The molecule has 2 aromatic carbocycles. The molecule has 3 aliphatic heterocycles. The number of methoxy groups -OCH3 is 1. The molecule has 2 unspecified atom stereocenters. The van der Waals surface area contributed by atoms with Gasteiger partial charge in [-0.05, 0) is 48.9 Å². The maximum Gasteiger partial charge on any atom is 0.294 e. The minimum Gasteiger partial charge on any atom is -0.491 e. The van der Waals surface area contributed by atoms with E-state index in [0.717, 1.165) is 60.4 Å². The van der Waals surface area contributed by atoms with Crippen LogP contribution in [0.15, 0.2) is 103 Å². The summed E-state index contributed by atoms with van der Waals surface area (Å²) in [4.78, 5) is 38.0. The molecule has 44 heavy (non-hydrogen) atoms. The van der Waals surface area contributed by atoms with Crippen LogP contribution in [-0.4, -0.2) is 74.1 Å². The van der Waals surface area contributed by atoms with Crippen LogP contribution in [0.4, 0.5) is 17.2 Å². The SMILES string of the molecule is COCCOc1cc(C)nc(N2CCN(c3ccc(NC(=O)C(=O)C4C(c5ccccc5)C=C5C=CC=CN54)cc3)CC2)c1. The summed E-state index contributed by atoms with van der Waals surface area (Å²) in [6.45, 7) is 6.31. The molecule has 0 saturated carbocycles. The third-order valence-corrected chi connectivity index (χ3v) is 8.15. The van der Waals surface area contributed by atoms with Gasteiger partial charge in [0.1, 0.15) is 24.2 Å². The van der Waals surface area contributed by atoms with Crippen molar-refractivity contribution in [1.82, 2.24) is 9.88 Å². The van der Waals surface area contributed by atoms with Crippen LogP contribution in [-0.2, 0) is 14.3 Å². The van der Waals surface area contributed by atoms with E-state index in [1.54, 1.807) is 7.11 Å².